The van der Waals surface area contributed by atoms with Crippen LogP contribution in [0.1, 0.15) is 31.8 Å². The Bertz CT molecular complexity index is 771. The Kier molecular flexibility index (Phi) is 3.60. The van der Waals surface area contributed by atoms with Gasteiger partial charge in [0.25, 0.3) is 0 Å². The van der Waals surface area contributed by atoms with Crippen LogP contribution < -0.4 is 16.4 Å². The Morgan fingerprint density at radius 2 is 1.73 bits per heavy atom. The second kappa shape index (κ2) is 5.57. The Labute approximate surface area is 127 Å². The molecule has 0 saturated heterocycles. The Balaban J connectivity index is 2.25. The number of rotatable bonds is 4. The van der Waals surface area contributed by atoms with Crippen molar-refractivity contribution in [3.05, 3.63) is 52.8 Å². The zero-order valence-electron chi connectivity index (χ0n) is 12.1. The molecule has 0 atom stereocenters. The van der Waals surface area contributed by atoms with E-state index < -0.39 is 0 Å². The maximum Gasteiger partial charge on any atom is 0.198 e. The predicted molar refractivity (Wildman–Crippen MR) is 84.6 cm³/mol. The molecule has 0 fully saturated rings. The van der Waals surface area contributed by atoms with Crippen LogP contribution in [0.3, 0.4) is 0 Å². The lowest BCUT2D eigenvalue weighted by atomic mass is 9.83. The average molecular weight is 296 g/mol. The SMILES string of the molecule is CNc1ccc(NCCN)c2c1C(=O)c1cnccc1C2=O. The summed E-state index contributed by atoms with van der Waals surface area (Å²) in [6.07, 6.45) is 2.96. The summed E-state index contributed by atoms with van der Waals surface area (Å²) < 4.78 is 0. The van der Waals surface area contributed by atoms with Crippen LogP contribution >= 0.6 is 0 Å². The molecule has 0 unspecified atom stereocenters. The van der Waals surface area contributed by atoms with E-state index in [9.17, 15) is 9.59 Å². The number of pyridine rings is 1. The number of aromatic nitrogens is 1. The number of nitrogens with two attached hydrogens (primary N) is 1. The molecule has 3 rings (SSSR count). The fraction of sp³-hybridized carbons (Fsp3) is 0.188. The first-order valence-corrected chi connectivity index (χ1v) is 7.01. The van der Waals surface area contributed by atoms with Crippen LogP contribution in [0.15, 0.2) is 30.6 Å². The quantitative estimate of drug-likeness (QED) is 0.671. The van der Waals surface area contributed by atoms with Gasteiger partial charge in [-0.3, -0.25) is 14.6 Å². The van der Waals surface area contributed by atoms with Crippen molar-refractivity contribution in [3.8, 4) is 0 Å². The van der Waals surface area contributed by atoms with Crippen LogP contribution in [0.4, 0.5) is 11.4 Å². The summed E-state index contributed by atoms with van der Waals surface area (Å²) in [4.78, 5) is 29.6. The lowest BCUT2D eigenvalue weighted by molar-refractivity contribution is 0.0980. The molecular formula is C16H16N4O2. The van der Waals surface area contributed by atoms with E-state index in [2.05, 4.69) is 15.6 Å². The first-order chi connectivity index (χ1) is 10.7. The summed E-state index contributed by atoms with van der Waals surface area (Å²) in [5.41, 5.74) is 8.27. The van der Waals surface area contributed by atoms with E-state index >= 15 is 0 Å². The van der Waals surface area contributed by atoms with E-state index in [4.69, 9.17) is 5.73 Å². The van der Waals surface area contributed by atoms with E-state index in [1.807, 2.05) is 0 Å². The van der Waals surface area contributed by atoms with Crippen LogP contribution in [0.5, 0.6) is 0 Å². The van der Waals surface area contributed by atoms with Gasteiger partial charge in [-0.1, -0.05) is 0 Å². The third-order valence-electron chi connectivity index (χ3n) is 3.70. The van der Waals surface area contributed by atoms with Crippen LogP contribution in [0, 0.1) is 0 Å². The van der Waals surface area contributed by atoms with Gasteiger partial charge >= 0.3 is 0 Å². The van der Waals surface area contributed by atoms with Crippen molar-refractivity contribution in [2.24, 2.45) is 5.73 Å². The van der Waals surface area contributed by atoms with Crippen LogP contribution in [-0.2, 0) is 0 Å². The van der Waals surface area contributed by atoms with Crippen molar-refractivity contribution in [1.29, 1.82) is 0 Å². The minimum Gasteiger partial charge on any atom is -0.388 e. The molecule has 1 heterocycles. The largest absolute Gasteiger partial charge is 0.388 e. The number of ketones is 2. The average Bonchev–Trinajstić information content (AvgIpc) is 2.57. The minimum absolute atomic E-state index is 0.177. The summed E-state index contributed by atoms with van der Waals surface area (Å²) in [5.74, 6) is -0.373. The van der Waals surface area contributed by atoms with Gasteiger partial charge in [-0.25, -0.2) is 0 Å². The first kappa shape index (κ1) is 14.2. The molecule has 1 aromatic carbocycles. The lowest BCUT2D eigenvalue weighted by Crippen LogP contribution is -2.25. The van der Waals surface area contributed by atoms with Crippen molar-refractivity contribution in [1.82, 2.24) is 4.98 Å². The molecule has 112 valence electrons. The molecular weight excluding hydrogens is 280 g/mol. The summed E-state index contributed by atoms with van der Waals surface area (Å²) >= 11 is 0. The number of benzene rings is 1. The van der Waals surface area contributed by atoms with Crippen molar-refractivity contribution in [2.75, 3.05) is 30.8 Å². The fourth-order valence-corrected chi connectivity index (χ4v) is 2.68. The van der Waals surface area contributed by atoms with Gasteiger partial charge in [0, 0.05) is 49.5 Å². The normalized spacial score (nSPS) is 12.6. The minimum atomic E-state index is -0.196. The number of nitrogens with zero attached hydrogens (tertiary/aromatic N) is 1. The number of hydrogen-bond donors (Lipinski definition) is 3. The van der Waals surface area contributed by atoms with E-state index in [-0.39, 0.29) is 11.6 Å². The molecule has 1 aliphatic rings. The Morgan fingerprint density at radius 3 is 2.45 bits per heavy atom. The summed E-state index contributed by atoms with van der Waals surface area (Å²) in [6, 6.07) is 5.15. The number of anilines is 2. The van der Waals surface area contributed by atoms with Gasteiger partial charge in [0.15, 0.2) is 11.6 Å². The maximum atomic E-state index is 12.8. The Hall–Kier alpha value is -2.73. The third-order valence-corrected chi connectivity index (χ3v) is 3.70. The third kappa shape index (κ3) is 2.05. The van der Waals surface area contributed by atoms with E-state index in [0.29, 0.717) is 46.7 Å². The zero-order chi connectivity index (χ0) is 15.7. The van der Waals surface area contributed by atoms with Crippen LogP contribution in [0.25, 0.3) is 0 Å². The molecule has 22 heavy (non-hydrogen) atoms. The zero-order valence-corrected chi connectivity index (χ0v) is 12.1. The van der Waals surface area contributed by atoms with E-state index in [0.717, 1.165) is 0 Å². The highest BCUT2D eigenvalue weighted by atomic mass is 16.1. The van der Waals surface area contributed by atoms with Gasteiger partial charge in [-0.2, -0.15) is 0 Å². The number of carbonyl (C=O) groups excluding carboxylic acids is 2. The van der Waals surface area contributed by atoms with Gasteiger partial charge in [-0.05, 0) is 18.2 Å². The molecule has 4 N–H and O–H groups in total. The summed E-state index contributed by atoms with van der Waals surface area (Å²) in [7, 11) is 1.72. The number of nitrogens with one attached hydrogen (secondary N) is 2. The van der Waals surface area contributed by atoms with Gasteiger partial charge < -0.3 is 16.4 Å². The second-order valence-electron chi connectivity index (χ2n) is 4.96. The molecule has 1 aromatic heterocycles. The molecule has 0 saturated carbocycles. The molecule has 6 nitrogen and oxygen atoms in total. The van der Waals surface area contributed by atoms with E-state index in [1.54, 1.807) is 25.2 Å². The predicted octanol–water partition coefficient (Wildman–Crippen LogP) is 1.27. The monoisotopic (exact) mass is 296 g/mol. The van der Waals surface area contributed by atoms with Gasteiger partial charge in [0.2, 0.25) is 0 Å². The lowest BCUT2D eigenvalue weighted by Gasteiger charge is -2.22. The molecule has 0 bridgehead atoms. The van der Waals surface area contributed by atoms with E-state index in [1.165, 1.54) is 12.4 Å². The maximum absolute atomic E-state index is 12.8. The van der Waals surface area contributed by atoms with Gasteiger partial charge in [0.05, 0.1) is 16.7 Å². The summed E-state index contributed by atoms with van der Waals surface area (Å²) in [5, 5.41) is 6.09. The number of hydrogen-bond acceptors (Lipinski definition) is 6. The number of carbonyl (C=O) groups is 2. The second-order valence-corrected chi connectivity index (χ2v) is 4.96. The molecule has 1 aliphatic carbocycles. The highest BCUT2D eigenvalue weighted by molar-refractivity contribution is 6.31. The topological polar surface area (TPSA) is 97.1 Å². The van der Waals surface area contributed by atoms with Crippen LogP contribution in [0.2, 0.25) is 0 Å². The molecule has 6 heteroatoms. The molecule has 2 aromatic rings. The van der Waals surface area contributed by atoms with Crippen molar-refractivity contribution < 1.29 is 9.59 Å². The van der Waals surface area contributed by atoms with Crippen molar-refractivity contribution >= 4 is 22.9 Å². The standard InChI is InChI=1S/C16H16N4O2/c1-18-11-2-3-12(20-7-5-17)14-13(11)16(22)10-8-19-6-4-9(10)15(14)21/h2-4,6,8,18,20H,5,7,17H2,1H3. The Morgan fingerprint density at radius 1 is 1.05 bits per heavy atom. The highest BCUT2D eigenvalue weighted by Gasteiger charge is 2.33. The summed E-state index contributed by atoms with van der Waals surface area (Å²) in [6.45, 7) is 0.960. The smallest absolute Gasteiger partial charge is 0.198 e. The molecule has 0 aliphatic heterocycles. The van der Waals surface area contributed by atoms with Crippen molar-refractivity contribution in [3.63, 3.8) is 0 Å². The molecule has 0 spiro atoms. The fourth-order valence-electron chi connectivity index (χ4n) is 2.68. The van der Waals surface area contributed by atoms with Crippen LogP contribution in [-0.4, -0.2) is 36.7 Å². The van der Waals surface area contributed by atoms with Crippen molar-refractivity contribution in [2.45, 2.75) is 0 Å². The highest BCUT2D eigenvalue weighted by Crippen LogP contribution is 2.35. The molecule has 0 radical (unpaired) electrons. The first-order valence-electron chi connectivity index (χ1n) is 7.01. The van der Waals surface area contributed by atoms with Gasteiger partial charge in [-0.15, -0.1) is 0 Å². The van der Waals surface area contributed by atoms with Gasteiger partial charge in [0.1, 0.15) is 0 Å². The number of fused-ring (bicyclic) bond motifs is 2. The molecule has 0 amide bonds.